The number of benzene rings is 1. The van der Waals surface area contributed by atoms with Crippen LogP contribution in [-0.4, -0.2) is 13.1 Å². The quantitative estimate of drug-likeness (QED) is 0.682. The van der Waals surface area contributed by atoms with Gasteiger partial charge in [-0.15, -0.1) is 0 Å². The molecule has 0 fully saturated rings. The molecule has 1 atom stereocenters. The summed E-state index contributed by atoms with van der Waals surface area (Å²) in [6.07, 6.45) is 1.20. The molecule has 0 aliphatic heterocycles. The van der Waals surface area contributed by atoms with Crippen molar-refractivity contribution in [1.82, 2.24) is 0 Å². The van der Waals surface area contributed by atoms with Crippen LogP contribution in [0.2, 0.25) is 5.02 Å². The van der Waals surface area contributed by atoms with Crippen LogP contribution in [0.1, 0.15) is 32.8 Å². The van der Waals surface area contributed by atoms with Crippen molar-refractivity contribution in [1.29, 1.82) is 0 Å². The maximum absolute atomic E-state index is 6.02. The normalized spacial score (nSPS) is 12.9. The minimum absolute atomic E-state index is 0.536. The largest absolute Gasteiger partial charge is 0.372 e. The molecule has 1 unspecified atom stereocenters. The van der Waals surface area contributed by atoms with Crippen molar-refractivity contribution in [3.8, 4) is 0 Å². The van der Waals surface area contributed by atoms with Crippen LogP contribution in [0.4, 0.5) is 5.69 Å². The molecule has 3 heteroatoms. The van der Waals surface area contributed by atoms with Crippen molar-refractivity contribution < 1.29 is 0 Å². The molecule has 0 saturated heterocycles. The molecular formula is C14H21BrClN. The zero-order chi connectivity index (χ0) is 13.0. The van der Waals surface area contributed by atoms with Gasteiger partial charge in [0, 0.05) is 29.1 Å². The van der Waals surface area contributed by atoms with Crippen molar-refractivity contribution in [2.45, 2.75) is 38.6 Å². The molecule has 0 aliphatic rings. The van der Waals surface area contributed by atoms with E-state index in [0.29, 0.717) is 12.0 Å². The van der Waals surface area contributed by atoms with E-state index in [9.17, 15) is 0 Å². The SMILES string of the molecule is CC(C)CC(C)N(C)c1ccc(Cl)cc1CBr. The summed E-state index contributed by atoms with van der Waals surface area (Å²) in [6, 6.07) is 6.63. The van der Waals surface area contributed by atoms with Gasteiger partial charge >= 0.3 is 0 Å². The van der Waals surface area contributed by atoms with Gasteiger partial charge in [-0.25, -0.2) is 0 Å². The van der Waals surface area contributed by atoms with Crippen LogP contribution in [0, 0.1) is 5.92 Å². The second-order valence-corrected chi connectivity index (χ2v) is 5.99. The minimum Gasteiger partial charge on any atom is -0.372 e. The van der Waals surface area contributed by atoms with E-state index in [1.165, 1.54) is 17.7 Å². The average molecular weight is 319 g/mol. The zero-order valence-electron chi connectivity index (χ0n) is 11.0. The predicted molar refractivity (Wildman–Crippen MR) is 81.4 cm³/mol. The Kier molecular flexibility index (Phi) is 5.81. The van der Waals surface area contributed by atoms with Crippen LogP contribution >= 0.6 is 27.5 Å². The smallest absolute Gasteiger partial charge is 0.0410 e. The first-order chi connectivity index (χ1) is 7.95. The summed E-state index contributed by atoms with van der Waals surface area (Å²) >= 11 is 9.55. The lowest BCUT2D eigenvalue weighted by molar-refractivity contribution is 0.504. The van der Waals surface area contributed by atoms with E-state index in [1.54, 1.807) is 0 Å². The molecule has 1 rings (SSSR count). The van der Waals surface area contributed by atoms with Gasteiger partial charge < -0.3 is 4.90 Å². The summed E-state index contributed by atoms with van der Waals surface area (Å²) in [5.74, 6) is 0.715. The molecule has 0 aliphatic carbocycles. The van der Waals surface area contributed by atoms with E-state index >= 15 is 0 Å². The first-order valence-corrected chi connectivity index (χ1v) is 7.52. The third-order valence-electron chi connectivity index (χ3n) is 3.04. The molecule has 1 aromatic rings. The Hall–Kier alpha value is -0.210. The highest BCUT2D eigenvalue weighted by atomic mass is 79.9. The van der Waals surface area contributed by atoms with Gasteiger partial charge in [-0.2, -0.15) is 0 Å². The lowest BCUT2D eigenvalue weighted by atomic mass is 10.0. The van der Waals surface area contributed by atoms with E-state index in [2.05, 4.69) is 54.7 Å². The molecule has 1 aromatic carbocycles. The fraction of sp³-hybridized carbons (Fsp3) is 0.571. The lowest BCUT2D eigenvalue weighted by Crippen LogP contribution is -2.30. The second-order valence-electron chi connectivity index (χ2n) is 5.00. The zero-order valence-corrected chi connectivity index (χ0v) is 13.3. The van der Waals surface area contributed by atoms with Crippen molar-refractivity contribution in [3.05, 3.63) is 28.8 Å². The van der Waals surface area contributed by atoms with Crippen LogP contribution in [0.5, 0.6) is 0 Å². The molecule has 0 N–H and O–H groups in total. The topological polar surface area (TPSA) is 3.24 Å². The Labute approximate surface area is 118 Å². The van der Waals surface area contributed by atoms with Crippen molar-refractivity contribution >= 4 is 33.2 Å². The molecule has 1 nitrogen and oxygen atoms in total. The first-order valence-electron chi connectivity index (χ1n) is 6.03. The van der Waals surface area contributed by atoms with Gasteiger partial charge in [0.1, 0.15) is 0 Å². The van der Waals surface area contributed by atoms with Crippen LogP contribution < -0.4 is 4.90 Å². The van der Waals surface area contributed by atoms with Crippen molar-refractivity contribution in [3.63, 3.8) is 0 Å². The van der Waals surface area contributed by atoms with Gasteiger partial charge in [-0.3, -0.25) is 0 Å². The van der Waals surface area contributed by atoms with E-state index in [4.69, 9.17) is 11.6 Å². The van der Waals surface area contributed by atoms with E-state index in [-0.39, 0.29) is 0 Å². The van der Waals surface area contributed by atoms with Crippen LogP contribution in [0.3, 0.4) is 0 Å². The number of anilines is 1. The Morgan fingerprint density at radius 2 is 1.94 bits per heavy atom. The Balaban J connectivity index is 2.91. The highest BCUT2D eigenvalue weighted by molar-refractivity contribution is 9.08. The molecule has 0 amide bonds. The van der Waals surface area contributed by atoms with Crippen molar-refractivity contribution in [2.24, 2.45) is 5.92 Å². The van der Waals surface area contributed by atoms with Gasteiger partial charge in [-0.1, -0.05) is 41.4 Å². The summed E-state index contributed by atoms with van der Waals surface area (Å²) in [4.78, 5) is 2.34. The van der Waals surface area contributed by atoms with Gasteiger partial charge in [0.25, 0.3) is 0 Å². The van der Waals surface area contributed by atoms with Crippen LogP contribution in [-0.2, 0) is 5.33 Å². The van der Waals surface area contributed by atoms with E-state index < -0.39 is 0 Å². The third kappa shape index (κ3) is 4.18. The predicted octanol–water partition coefficient (Wildman–Crippen LogP) is 5.11. The highest BCUT2D eigenvalue weighted by Crippen LogP contribution is 2.28. The minimum atomic E-state index is 0.536. The molecule has 0 aromatic heterocycles. The molecular weight excluding hydrogens is 298 g/mol. The standard InChI is InChI=1S/C14H21BrClN/c1-10(2)7-11(3)17(4)14-6-5-13(16)8-12(14)9-15/h5-6,8,10-11H,7,9H2,1-4H3. The lowest BCUT2D eigenvalue weighted by Gasteiger charge is -2.30. The number of nitrogens with zero attached hydrogens (tertiary/aromatic N) is 1. The fourth-order valence-electron chi connectivity index (χ4n) is 2.08. The number of rotatable bonds is 5. The number of halogens is 2. The molecule has 0 heterocycles. The van der Waals surface area contributed by atoms with Gasteiger partial charge in [0.15, 0.2) is 0 Å². The van der Waals surface area contributed by atoms with E-state index in [1.807, 2.05) is 12.1 Å². The molecule has 0 spiro atoms. The summed E-state index contributed by atoms with van der Waals surface area (Å²) < 4.78 is 0. The Bertz CT molecular complexity index is 365. The molecule has 96 valence electrons. The molecule has 0 bridgehead atoms. The summed E-state index contributed by atoms with van der Waals surface area (Å²) in [6.45, 7) is 6.79. The summed E-state index contributed by atoms with van der Waals surface area (Å²) in [7, 11) is 2.16. The maximum Gasteiger partial charge on any atom is 0.0410 e. The van der Waals surface area contributed by atoms with Gasteiger partial charge in [0.05, 0.1) is 0 Å². The fourth-order valence-corrected chi connectivity index (χ4v) is 2.73. The van der Waals surface area contributed by atoms with Crippen LogP contribution in [0.25, 0.3) is 0 Å². The summed E-state index contributed by atoms with van der Waals surface area (Å²) in [5, 5.41) is 1.63. The monoisotopic (exact) mass is 317 g/mol. The highest BCUT2D eigenvalue weighted by Gasteiger charge is 2.14. The summed E-state index contributed by atoms with van der Waals surface area (Å²) in [5.41, 5.74) is 2.51. The third-order valence-corrected chi connectivity index (χ3v) is 3.88. The molecule has 0 radical (unpaired) electrons. The van der Waals surface area contributed by atoms with Gasteiger partial charge in [-0.05, 0) is 43.0 Å². The number of alkyl halides is 1. The first kappa shape index (κ1) is 14.8. The molecule has 0 saturated carbocycles. The second kappa shape index (κ2) is 6.65. The van der Waals surface area contributed by atoms with Gasteiger partial charge in [0.2, 0.25) is 0 Å². The number of hydrogen-bond acceptors (Lipinski definition) is 1. The Morgan fingerprint density at radius 3 is 2.47 bits per heavy atom. The Morgan fingerprint density at radius 1 is 1.29 bits per heavy atom. The van der Waals surface area contributed by atoms with E-state index in [0.717, 1.165) is 10.4 Å². The van der Waals surface area contributed by atoms with Crippen molar-refractivity contribution in [2.75, 3.05) is 11.9 Å². The molecule has 17 heavy (non-hydrogen) atoms. The van der Waals surface area contributed by atoms with Crippen LogP contribution in [0.15, 0.2) is 18.2 Å². The maximum atomic E-state index is 6.02. The average Bonchev–Trinajstić information content (AvgIpc) is 2.27. The number of hydrogen-bond donors (Lipinski definition) is 0.